The van der Waals surface area contributed by atoms with Gasteiger partial charge in [-0.25, -0.2) is 4.79 Å². The minimum absolute atomic E-state index is 0.0782. The van der Waals surface area contributed by atoms with E-state index in [1.807, 2.05) is 30.3 Å². The molecule has 0 atom stereocenters. The highest BCUT2D eigenvalue weighted by molar-refractivity contribution is 7.20. The number of methoxy groups -OCH3 is 2. The number of nitrogens with one attached hydrogen (secondary N) is 1. The summed E-state index contributed by atoms with van der Waals surface area (Å²) in [5.74, 6) is -0.826. The van der Waals surface area contributed by atoms with Crippen LogP contribution in [0.2, 0.25) is 0 Å². The Balaban J connectivity index is 1.63. The van der Waals surface area contributed by atoms with Crippen LogP contribution in [0.25, 0.3) is 21.8 Å². The molecule has 1 N–H and O–H groups in total. The molecule has 4 aromatic rings. The molecule has 2 heterocycles. The van der Waals surface area contributed by atoms with Gasteiger partial charge in [-0.2, -0.15) is 0 Å². The summed E-state index contributed by atoms with van der Waals surface area (Å²) in [6.45, 7) is 0. The van der Waals surface area contributed by atoms with Gasteiger partial charge in [0.05, 0.1) is 36.3 Å². The van der Waals surface area contributed by atoms with E-state index in [0.29, 0.717) is 10.8 Å². The van der Waals surface area contributed by atoms with Crippen LogP contribution in [0, 0.1) is 10.1 Å². The standard InChI is InChI=1S/C24H18N2O7S/c1-31-15-8-9-16(18(12-15)26(29)30)19-10-11-20(33-19)22(27)25-23-17(24(28)32-2)13-21(34-23)14-6-4-3-5-7-14/h3-13H,1-2H3,(H,25,27). The summed E-state index contributed by atoms with van der Waals surface area (Å²) >= 11 is 1.22. The molecule has 0 aliphatic carbocycles. The van der Waals surface area contributed by atoms with E-state index in [1.165, 1.54) is 49.8 Å². The van der Waals surface area contributed by atoms with Crippen molar-refractivity contribution in [3.63, 3.8) is 0 Å². The Morgan fingerprint density at radius 3 is 2.47 bits per heavy atom. The molecule has 0 aliphatic rings. The SMILES string of the molecule is COC(=O)c1cc(-c2ccccc2)sc1NC(=O)c1ccc(-c2ccc(OC)cc2[N+](=O)[O-])o1. The van der Waals surface area contributed by atoms with Crippen molar-refractivity contribution in [3.05, 3.63) is 88.2 Å². The van der Waals surface area contributed by atoms with Crippen molar-refractivity contribution in [1.29, 1.82) is 0 Å². The van der Waals surface area contributed by atoms with Gasteiger partial charge in [-0.3, -0.25) is 14.9 Å². The van der Waals surface area contributed by atoms with Crippen LogP contribution in [0.4, 0.5) is 10.7 Å². The number of amides is 1. The quantitative estimate of drug-likeness (QED) is 0.207. The molecule has 2 aromatic carbocycles. The number of furan rings is 1. The van der Waals surface area contributed by atoms with Crippen LogP contribution in [0.5, 0.6) is 5.75 Å². The molecule has 0 saturated carbocycles. The number of esters is 1. The summed E-state index contributed by atoms with van der Waals surface area (Å²) in [5, 5.41) is 14.5. The highest BCUT2D eigenvalue weighted by Gasteiger charge is 2.23. The molecular weight excluding hydrogens is 460 g/mol. The number of ether oxygens (including phenoxy) is 2. The number of nitro benzene ring substituents is 1. The predicted octanol–water partition coefficient (Wildman–Crippen LogP) is 5.63. The zero-order valence-electron chi connectivity index (χ0n) is 18.1. The number of thiophene rings is 1. The van der Waals surface area contributed by atoms with Crippen molar-refractivity contribution >= 4 is 33.9 Å². The molecule has 4 rings (SSSR count). The second-order valence-corrected chi connectivity index (χ2v) is 8.02. The van der Waals surface area contributed by atoms with Crippen LogP contribution in [0.15, 0.2) is 71.1 Å². The van der Waals surface area contributed by atoms with Crippen LogP contribution in [0.3, 0.4) is 0 Å². The zero-order chi connectivity index (χ0) is 24.2. The van der Waals surface area contributed by atoms with Crippen LogP contribution < -0.4 is 10.1 Å². The molecule has 0 saturated heterocycles. The molecule has 10 heteroatoms. The first-order valence-corrected chi connectivity index (χ1v) is 10.7. The molecule has 34 heavy (non-hydrogen) atoms. The molecule has 0 unspecified atom stereocenters. The largest absolute Gasteiger partial charge is 0.497 e. The lowest BCUT2D eigenvalue weighted by Gasteiger charge is -2.04. The van der Waals surface area contributed by atoms with E-state index in [0.717, 1.165) is 10.4 Å². The number of carbonyl (C=O) groups is 2. The number of nitro groups is 1. The van der Waals surface area contributed by atoms with Crippen molar-refractivity contribution < 1.29 is 28.4 Å². The fourth-order valence-corrected chi connectivity index (χ4v) is 4.30. The summed E-state index contributed by atoms with van der Waals surface area (Å²) in [5.41, 5.74) is 1.06. The van der Waals surface area contributed by atoms with Gasteiger partial charge in [0.15, 0.2) is 5.76 Å². The summed E-state index contributed by atoms with van der Waals surface area (Å²) in [6.07, 6.45) is 0. The summed E-state index contributed by atoms with van der Waals surface area (Å²) < 4.78 is 15.5. The van der Waals surface area contributed by atoms with E-state index in [-0.39, 0.29) is 28.3 Å². The second-order valence-electron chi connectivity index (χ2n) is 6.97. The van der Waals surface area contributed by atoms with E-state index >= 15 is 0 Å². The van der Waals surface area contributed by atoms with Crippen molar-refractivity contribution in [2.45, 2.75) is 0 Å². The topological polar surface area (TPSA) is 121 Å². The van der Waals surface area contributed by atoms with Crippen LogP contribution in [-0.2, 0) is 4.74 Å². The number of rotatable bonds is 7. The average Bonchev–Trinajstić information content (AvgIpc) is 3.51. The van der Waals surface area contributed by atoms with Crippen LogP contribution in [0.1, 0.15) is 20.9 Å². The maximum atomic E-state index is 12.9. The molecule has 0 bridgehead atoms. The van der Waals surface area contributed by atoms with E-state index in [9.17, 15) is 19.7 Å². The second kappa shape index (κ2) is 9.59. The first-order valence-electron chi connectivity index (χ1n) is 9.92. The van der Waals surface area contributed by atoms with Gasteiger partial charge in [0.1, 0.15) is 16.5 Å². The van der Waals surface area contributed by atoms with E-state index in [4.69, 9.17) is 13.9 Å². The Kier molecular flexibility index (Phi) is 6.42. The van der Waals surface area contributed by atoms with E-state index < -0.39 is 16.8 Å². The van der Waals surface area contributed by atoms with Crippen molar-refractivity contribution in [2.75, 3.05) is 19.5 Å². The third-order valence-corrected chi connectivity index (χ3v) is 6.02. The van der Waals surface area contributed by atoms with Gasteiger partial charge in [-0.15, -0.1) is 11.3 Å². The maximum Gasteiger partial charge on any atom is 0.340 e. The first kappa shape index (κ1) is 22.7. The minimum atomic E-state index is -0.617. The Hall–Kier alpha value is -4.44. The summed E-state index contributed by atoms with van der Waals surface area (Å²) in [4.78, 5) is 36.9. The minimum Gasteiger partial charge on any atom is -0.497 e. The van der Waals surface area contributed by atoms with Gasteiger partial charge < -0.3 is 19.2 Å². The maximum absolute atomic E-state index is 12.9. The van der Waals surface area contributed by atoms with Crippen LogP contribution >= 0.6 is 11.3 Å². The Labute approximate surface area is 197 Å². The van der Waals surface area contributed by atoms with E-state index in [1.54, 1.807) is 12.1 Å². The molecule has 9 nitrogen and oxygen atoms in total. The Morgan fingerprint density at radius 1 is 1.03 bits per heavy atom. The normalized spacial score (nSPS) is 10.5. The number of benzene rings is 2. The lowest BCUT2D eigenvalue weighted by Crippen LogP contribution is -2.12. The molecule has 0 spiro atoms. The lowest BCUT2D eigenvalue weighted by molar-refractivity contribution is -0.384. The third kappa shape index (κ3) is 4.52. The highest BCUT2D eigenvalue weighted by Crippen LogP contribution is 2.37. The van der Waals surface area contributed by atoms with Gasteiger partial charge in [-0.05, 0) is 35.9 Å². The van der Waals surface area contributed by atoms with Gasteiger partial charge >= 0.3 is 5.97 Å². The molecule has 172 valence electrons. The van der Waals surface area contributed by atoms with Gasteiger partial charge in [-0.1, -0.05) is 30.3 Å². The molecule has 1 amide bonds. The smallest absolute Gasteiger partial charge is 0.340 e. The monoisotopic (exact) mass is 478 g/mol. The zero-order valence-corrected chi connectivity index (χ0v) is 18.9. The van der Waals surface area contributed by atoms with Crippen molar-refractivity contribution in [1.82, 2.24) is 0 Å². The van der Waals surface area contributed by atoms with Gasteiger partial charge in [0.2, 0.25) is 0 Å². The van der Waals surface area contributed by atoms with E-state index in [2.05, 4.69) is 5.32 Å². The summed E-state index contributed by atoms with van der Waals surface area (Å²) in [7, 11) is 2.67. The lowest BCUT2D eigenvalue weighted by atomic mass is 10.1. The van der Waals surface area contributed by atoms with Crippen molar-refractivity contribution in [3.8, 4) is 27.5 Å². The molecule has 0 aliphatic heterocycles. The van der Waals surface area contributed by atoms with Crippen LogP contribution in [-0.4, -0.2) is 31.0 Å². The van der Waals surface area contributed by atoms with Crippen molar-refractivity contribution in [2.24, 2.45) is 0 Å². The Bertz CT molecular complexity index is 1380. The first-order chi connectivity index (χ1) is 16.4. The molecule has 0 fully saturated rings. The predicted molar refractivity (Wildman–Crippen MR) is 126 cm³/mol. The number of hydrogen-bond acceptors (Lipinski definition) is 8. The number of anilines is 1. The van der Waals surface area contributed by atoms with Gasteiger partial charge in [0, 0.05) is 4.88 Å². The number of hydrogen-bond donors (Lipinski definition) is 1. The third-order valence-electron chi connectivity index (χ3n) is 4.92. The van der Waals surface area contributed by atoms with Gasteiger partial charge in [0.25, 0.3) is 11.6 Å². The fourth-order valence-electron chi connectivity index (χ4n) is 3.26. The average molecular weight is 478 g/mol. The molecular formula is C24H18N2O7S. The summed E-state index contributed by atoms with van der Waals surface area (Å²) in [6, 6.07) is 18.2. The molecule has 2 aromatic heterocycles. The number of nitrogens with zero attached hydrogens (tertiary/aromatic N) is 1. The fraction of sp³-hybridized carbons (Fsp3) is 0.0833. The Morgan fingerprint density at radius 2 is 1.79 bits per heavy atom. The highest BCUT2D eigenvalue weighted by atomic mass is 32.1. The molecule has 0 radical (unpaired) electrons. The number of carbonyl (C=O) groups excluding carboxylic acids is 2.